The summed E-state index contributed by atoms with van der Waals surface area (Å²) in [7, 11) is 0. The Morgan fingerprint density at radius 1 is 1.45 bits per heavy atom. The van der Waals surface area contributed by atoms with Gasteiger partial charge in [0.15, 0.2) is 0 Å². The molecule has 66 valence electrons. The summed E-state index contributed by atoms with van der Waals surface area (Å²) in [4.78, 5) is 0. The minimum atomic E-state index is 0.207. The van der Waals surface area contributed by atoms with Gasteiger partial charge in [-0.25, -0.2) is 0 Å². The van der Waals surface area contributed by atoms with Crippen LogP contribution in [0.2, 0.25) is 0 Å². The molecular formula is C8H15Cl2N. The van der Waals surface area contributed by atoms with Crippen molar-refractivity contribution in [2.45, 2.75) is 19.2 Å². The molecule has 0 aliphatic carbocycles. The first-order chi connectivity index (χ1) is 5.18. The Labute approximate surface area is 78.8 Å². The van der Waals surface area contributed by atoms with E-state index in [4.69, 9.17) is 23.2 Å². The normalized spacial score (nSPS) is 14.6. The molecule has 0 rings (SSSR count). The number of halogens is 2. The zero-order valence-electron chi connectivity index (χ0n) is 6.98. The summed E-state index contributed by atoms with van der Waals surface area (Å²) in [5.74, 6) is 0.518. The maximum absolute atomic E-state index is 5.98. The van der Waals surface area contributed by atoms with E-state index in [1.54, 1.807) is 0 Å². The summed E-state index contributed by atoms with van der Waals surface area (Å²) >= 11 is 11.3. The summed E-state index contributed by atoms with van der Waals surface area (Å²) in [5, 5.41) is 3.37. The monoisotopic (exact) mass is 195 g/mol. The maximum Gasteiger partial charge on any atom is 0.0483 e. The summed E-state index contributed by atoms with van der Waals surface area (Å²) < 4.78 is 0. The van der Waals surface area contributed by atoms with Gasteiger partial charge in [0.25, 0.3) is 0 Å². The molecule has 0 radical (unpaired) electrons. The Bertz CT molecular complexity index is 113. The van der Waals surface area contributed by atoms with Crippen molar-refractivity contribution in [2.75, 3.05) is 13.1 Å². The van der Waals surface area contributed by atoms with Crippen LogP contribution in [0.1, 0.15) is 13.8 Å². The molecule has 0 aromatic heterocycles. The Hall–Kier alpha value is 0.280. The van der Waals surface area contributed by atoms with E-state index >= 15 is 0 Å². The molecule has 0 aromatic carbocycles. The Morgan fingerprint density at radius 2 is 2.09 bits per heavy atom. The molecule has 0 bridgehead atoms. The van der Waals surface area contributed by atoms with Gasteiger partial charge in [-0.3, -0.25) is 0 Å². The SMILES string of the molecule is CC(C)C(Cl)CNC/C=C/Cl. The lowest BCUT2D eigenvalue weighted by Crippen LogP contribution is -2.26. The van der Waals surface area contributed by atoms with Crippen molar-refractivity contribution < 1.29 is 0 Å². The minimum Gasteiger partial charge on any atom is -0.312 e. The second-order valence-corrected chi connectivity index (χ2v) is 3.59. The number of rotatable bonds is 5. The van der Waals surface area contributed by atoms with Gasteiger partial charge in [-0.05, 0) is 5.92 Å². The van der Waals surface area contributed by atoms with Gasteiger partial charge in [0, 0.05) is 24.0 Å². The van der Waals surface area contributed by atoms with Gasteiger partial charge in [-0.1, -0.05) is 31.5 Å². The maximum atomic E-state index is 5.98. The molecule has 3 heteroatoms. The van der Waals surface area contributed by atoms with Crippen LogP contribution in [0.5, 0.6) is 0 Å². The Balaban J connectivity index is 3.24. The molecule has 1 unspecified atom stereocenters. The van der Waals surface area contributed by atoms with Crippen LogP contribution in [0.15, 0.2) is 11.6 Å². The second-order valence-electron chi connectivity index (χ2n) is 2.78. The molecule has 1 atom stereocenters. The van der Waals surface area contributed by atoms with Gasteiger partial charge in [0.1, 0.15) is 0 Å². The van der Waals surface area contributed by atoms with E-state index < -0.39 is 0 Å². The lowest BCUT2D eigenvalue weighted by Gasteiger charge is -2.12. The highest BCUT2D eigenvalue weighted by Crippen LogP contribution is 2.07. The largest absolute Gasteiger partial charge is 0.312 e. The van der Waals surface area contributed by atoms with E-state index in [1.165, 1.54) is 5.54 Å². The molecule has 0 aliphatic heterocycles. The van der Waals surface area contributed by atoms with E-state index in [-0.39, 0.29) is 5.38 Å². The van der Waals surface area contributed by atoms with E-state index in [0.717, 1.165) is 13.1 Å². The first-order valence-electron chi connectivity index (χ1n) is 3.78. The summed E-state index contributed by atoms with van der Waals surface area (Å²) in [6, 6.07) is 0. The van der Waals surface area contributed by atoms with Crippen molar-refractivity contribution in [3.05, 3.63) is 11.6 Å². The molecule has 0 saturated carbocycles. The van der Waals surface area contributed by atoms with Gasteiger partial charge in [-0.15, -0.1) is 11.6 Å². The molecule has 0 aliphatic rings. The predicted octanol–water partition coefficient (Wildman–Crippen LogP) is 2.59. The third-order valence-corrected chi connectivity index (χ3v) is 2.25. The smallest absolute Gasteiger partial charge is 0.0483 e. The van der Waals surface area contributed by atoms with Crippen molar-refractivity contribution in [1.29, 1.82) is 0 Å². The molecule has 0 spiro atoms. The van der Waals surface area contributed by atoms with Crippen LogP contribution in [0.3, 0.4) is 0 Å². The average Bonchev–Trinajstić information content (AvgIpc) is 1.97. The topological polar surface area (TPSA) is 12.0 Å². The number of nitrogens with one attached hydrogen (secondary N) is 1. The summed E-state index contributed by atoms with van der Waals surface area (Å²) in [6.07, 6.45) is 1.85. The minimum absolute atomic E-state index is 0.207. The fourth-order valence-electron chi connectivity index (χ4n) is 0.585. The van der Waals surface area contributed by atoms with E-state index in [2.05, 4.69) is 19.2 Å². The molecule has 1 nitrogen and oxygen atoms in total. The molecule has 0 heterocycles. The Kier molecular flexibility index (Phi) is 7.13. The van der Waals surface area contributed by atoms with Crippen LogP contribution < -0.4 is 5.32 Å². The molecular weight excluding hydrogens is 181 g/mol. The van der Waals surface area contributed by atoms with E-state index in [0.29, 0.717) is 5.92 Å². The molecule has 1 N–H and O–H groups in total. The highest BCUT2D eigenvalue weighted by atomic mass is 35.5. The number of alkyl halides is 1. The zero-order valence-corrected chi connectivity index (χ0v) is 8.49. The van der Waals surface area contributed by atoms with Crippen LogP contribution in [0, 0.1) is 5.92 Å². The summed E-state index contributed by atoms with van der Waals surface area (Å²) in [6.45, 7) is 5.84. The average molecular weight is 196 g/mol. The predicted molar refractivity (Wildman–Crippen MR) is 52.3 cm³/mol. The fourth-order valence-corrected chi connectivity index (χ4v) is 0.783. The van der Waals surface area contributed by atoms with E-state index in [1.807, 2.05) is 6.08 Å². The van der Waals surface area contributed by atoms with Crippen molar-refractivity contribution in [1.82, 2.24) is 5.32 Å². The highest BCUT2D eigenvalue weighted by molar-refractivity contribution is 6.25. The lowest BCUT2D eigenvalue weighted by molar-refractivity contribution is 0.561. The van der Waals surface area contributed by atoms with Crippen molar-refractivity contribution >= 4 is 23.2 Å². The van der Waals surface area contributed by atoms with Crippen LogP contribution in [0.4, 0.5) is 0 Å². The summed E-state index contributed by atoms with van der Waals surface area (Å²) in [5.41, 5.74) is 1.51. The van der Waals surface area contributed by atoms with Gasteiger partial charge in [0.2, 0.25) is 0 Å². The van der Waals surface area contributed by atoms with Crippen LogP contribution in [-0.2, 0) is 0 Å². The quantitative estimate of drug-likeness (QED) is 0.526. The number of hydrogen-bond acceptors (Lipinski definition) is 1. The van der Waals surface area contributed by atoms with E-state index in [9.17, 15) is 0 Å². The first-order valence-corrected chi connectivity index (χ1v) is 4.65. The first kappa shape index (κ1) is 11.3. The van der Waals surface area contributed by atoms with Crippen LogP contribution in [0.25, 0.3) is 0 Å². The molecule has 0 amide bonds. The molecule has 0 aromatic rings. The van der Waals surface area contributed by atoms with Gasteiger partial charge >= 0.3 is 0 Å². The third-order valence-electron chi connectivity index (χ3n) is 1.41. The van der Waals surface area contributed by atoms with Gasteiger partial charge in [-0.2, -0.15) is 0 Å². The fraction of sp³-hybridized carbons (Fsp3) is 0.750. The van der Waals surface area contributed by atoms with Gasteiger partial charge in [0.05, 0.1) is 0 Å². The van der Waals surface area contributed by atoms with Crippen molar-refractivity contribution in [3.8, 4) is 0 Å². The Morgan fingerprint density at radius 3 is 2.55 bits per heavy atom. The third kappa shape index (κ3) is 6.67. The molecule has 11 heavy (non-hydrogen) atoms. The van der Waals surface area contributed by atoms with Crippen LogP contribution >= 0.6 is 23.2 Å². The molecule has 0 fully saturated rings. The van der Waals surface area contributed by atoms with Crippen molar-refractivity contribution in [3.63, 3.8) is 0 Å². The van der Waals surface area contributed by atoms with Crippen LogP contribution in [-0.4, -0.2) is 18.5 Å². The van der Waals surface area contributed by atoms with Crippen molar-refractivity contribution in [2.24, 2.45) is 5.92 Å². The number of hydrogen-bond donors (Lipinski definition) is 1. The highest BCUT2D eigenvalue weighted by Gasteiger charge is 2.07. The standard InChI is InChI=1S/C8H15Cl2N/c1-7(2)8(10)6-11-5-3-4-9/h3-4,7-8,11H,5-6H2,1-2H3/b4-3+. The van der Waals surface area contributed by atoms with Gasteiger partial charge < -0.3 is 5.32 Å². The second kappa shape index (κ2) is 6.96. The molecule has 0 saturated heterocycles. The lowest BCUT2D eigenvalue weighted by atomic mass is 10.1. The zero-order chi connectivity index (χ0) is 8.69.